The Morgan fingerprint density at radius 1 is 0.974 bits per heavy atom. The Morgan fingerprint density at radius 2 is 1.69 bits per heavy atom. The number of hydrogen-bond acceptors (Lipinski definition) is 8. The molecule has 2 fully saturated rings. The summed E-state index contributed by atoms with van der Waals surface area (Å²) in [7, 11) is 4.57. The van der Waals surface area contributed by atoms with Gasteiger partial charge in [0, 0.05) is 70.4 Å². The first-order chi connectivity index (χ1) is 18.8. The molecule has 1 saturated carbocycles. The molecule has 0 radical (unpaired) electrons. The molecular weight excluding hydrogens is 502 g/mol. The third kappa shape index (κ3) is 8.83. The summed E-state index contributed by atoms with van der Waals surface area (Å²) in [6.45, 7) is 7.88. The number of nitrogens with one attached hydrogen (secondary N) is 1. The molecule has 218 valence electrons. The van der Waals surface area contributed by atoms with Gasteiger partial charge in [-0.3, -0.25) is 14.4 Å². The van der Waals surface area contributed by atoms with Crippen molar-refractivity contribution >= 4 is 17.8 Å². The van der Waals surface area contributed by atoms with Crippen LogP contribution in [0.3, 0.4) is 0 Å². The van der Waals surface area contributed by atoms with Crippen LogP contribution in [0.2, 0.25) is 0 Å². The van der Waals surface area contributed by atoms with Gasteiger partial charge in [-0.1, -0.05) is 0 Å². The van der Waals surface area contributed by atoms with Crippen LogP contribution in [-0.2, 0) is 19.1 Å². The molecule has 10 nitrogen and oxygen atoms in total. The molecule has 1 aliphatic carbocycles. The summed E-state index contributed by atoms with van der Waals surface area (Å²) in [6.07, 6.45) is 2.99. The fourth-order valence-corrected chi connectivity index (χ4v) is 5.02. The molecule has 1 aromatic rings. The Hall–Kier alpha value is -2.85. The van der Waals surface area contributed by atoms with Crippen molar-refractivity contribution in [2.45, 2.75) is 58.0 Å². The topological polar surface area (TPSA) is 107 Å². The smallest absolute Gasteiger partial charge is 0.306 e. The Kier molecular flexibility index (Phi) is 11.9. The number of methoxy groups -OCH3 is 3. The molecule has 1 saturated heterocycles. The third-order valence-electron chi connectivity index (χ3n) is 7.47. The SMILES string of the molecule is COCCCOc1cc(C(=O)N(C[C@H]2CNC[C@H]2CN(C(=O)CCC(=O)OC)C2CC2)C(C)C)ccc1OC. The van der Waals surface area contributed by atoms with E-state index in [9.17, 15) is 14.4 Å². The monoisotopic (exact) mass is 547 g/mol. The van der Waals surface area contributed by atoms with Crippen LogP contribution >= 0.6 is 0 Å². The van der Waals surface area contributed by atoms with Crippen molar-refractivity contribution < 1.29 is 33.3 Å². The van der Waals surface area contributed by atoms with E-state index >= 15 is 0 Å². The lowest BCUT2D eigenvalue weighted by Gasteiger charge is -2.33. The van der Waals surface area contributed by atoms with Crippen molar-refractivity contribution in [1.82, 2.24) is 15.1 Å². The zero-order valence-electron chi connectivity index (χ0n) is 24.1. The van der Waals surface area contributed by atoms with Gasteiger partial charge < -0.3 is 34.1 Å². The van der Waals surface area contributed by atoms with E-state index in [1.807, 2.05) is 23.6 Å². The van der Waals surface area contributed by atoms with Gasteiger partial charge in [0.15, 0.2) is 11.5 Å². The largest absolute Gasteiger partial charge is 0.493 e. The Morgan fingerprint density at radius 3 is 2.31 bits per heavy atom. The van der Waals surface area contributed by atoms with Gasteiger partial charge in [-0.25, -0.2) is 0 Å². The van der Waals surface area contributed by atoms with Crippen LogP contribution in [0.5, 0.6) is 11.5 Å². The number of carbonyl (C=O) groups excluding carboxylic acids is 3. The second kappa shape index (κ2) is 15.1. The zero-order valence-corrected chi connectivity index (χ0v) is 24.1. The van der Waals surface area contributed by atoms with Gasteiger partial charge in [-0.2, -0.15) is 0 Å². The van der Waals surface area contributed by atoms with E-state index in [4.69, 9.17) is 18.9 Å². The maximum absolute atomic E-state index is 13.7. The highest BCUT2D eigenvalue weighted by Gasteiger charge is 2.38. The summed E-state index contributed by atoms with van der Waals surface area (Å²) < 4.78 is 21.1. The van der Waals surface area contributed by atoms with E-state index in [0.29, 0.717) is 43.4 Å². The lowest BCUT2D eigenvalue weighted by Crippen LogP contribution is -2.45. The summed E-state index contributed by atoms with van der Waals surface area (Å²) >= 11 is 0. The lowest BCUT2D eigenvalue weighted by molar-refractivity contribution is -0.144. The molecule has 0 spiro atoms. The van der Waals surface area contributed by atoms with Gasteiger partial charge in [0.1, 0.15) is 0 Å². The van der Waals surface area contributed by atoms with E-state index in [1.54, 1.807) is 32.4 Å². The van der Waals surface area contributed by atoms with Crippen molar-refractivity contribution in [3.8, 4) is 11.5 Å². The van der Waals surface area contributed by atoms with Crippen LogP contribution in [-0.4, -0.2) is 100 Å². The summed E-state index contributed by atoms with van der Waals surface area (Å²) in [6, 6.07) is 5.54. The van der Waals surface area contributed by atoms with Gasteiger partial charge >= 0.3 is 5.97 Å². The minimum absolute atomic E-state index is 0.00148. The molecule has 10 heteroatoms. The second-order valence-corrected chi connectivity index (χ2v) is 10.6. The molecule has 1 aromatic carbocycles. The summed E-state index contributed by atoms with van der Waals surface area (Å²) in [4.78, 5) is 42.1. The van der Waals surface area contributed by atoms with Crippen molar-refractivity contribution in [2.24, 2.45) is 11.8 Å². The van der Waals surface area contributed by atoms with Gasteiger partial charge in [-0.05, 0) is 56.7 Å². The van der Waals surface area contributed by atoms with Gasteiger partial charge in [0.05, 0.1) is 27.2 Å². The molecule has 2 amide bonds. The predicted octanol–water partition coefficient (Wildman–Crippen LogP) is 2.74. The van der Waals surface area contributed by atoms with E-state index < -0.39 is 0 Å². The molecular formula is C29H45N3O7. The quantitative estimate of drug-likeness (QED) is 0.249. The Balaban J connectivity index is 1.68. The van der Waals surface area contributed by atoms with Crippen molar-refractivity contribution in [3.05, 3.63) is 23.8 Å². The fraction of sp³-hybridized carbons (Fsp3) is 0.690. The maximum Gasteiger partial charge on any atom is 0.306 e. The number of carbonyl (C=O) groups is 3. The highest BCUT2D eigenvalue weighted by molar-refractivity contribution is 5.95. The summed E-state index contributed by atoms with van der Waals surface area (Å²) in [5.74, 6) is 1.11. The van der Waals surface area contributed by atoms with Gasteiger partial charge in [0.25, 0.3) is 5.91 Å². The molecule has 2 atom stereocenters. The van der Waals surface area contributed by atoms with E-state index in [0.717, 1.165) is 32.4 Å². The number of esters is 1. The minimum atomic E-state index is -0.368. The molecule has 2 aliphatic rings. The Bertz CT molecular complexity index is 966. The van der Waals surface area contributed by atoms with Crippen molar-refractivity contribution in [3.63, 3.8) is 0 Å². The molecule has 1 aliphatic heterocycles. The Labute approximate surface area is 232 Å². The van der Waals surface area contributed by atoms with E-state index in [2.05, 4.69) is 5.32 Å². The first-order valence-corrected chi connectivity index (χ1v) is 14.0. The highest BCUT2D eigenvalue weighted by atomic mass is 16.5. The molecule has 39 heavy (non-hydrogen) atoms. The van der Waals surface area contributed by atoms with Crippen LogP contribution in [0.4, 0.5) is 0 Å². The number of amides is 2. The van der Waals surface area contributed by atoms with E-state index in [1.165, 1.54) is 7.11 Å². The van der Waals surface area contributed by atoms with Crippen molar-refractivity contribution in [2.75, 3.05) is 60.7 Å². The molecule has 1 N–H and O–H groups in total. The summed E-state index contributed by atoms with van der Waals surface area (Å²) in [5, 5.41) is 3.47. The molecule has 0 bridgehead atoms. The second-order valence-electron chi connectivity index (χ2n) is 10.6. The number of ether oxygens (including phenoxy) is 4. The van der Waals surface area contributed by atoms with Crippen LogP contribution in [0.25, 0.3) is 0 Å². The van der Waals surface area contributed by atoms with Crippen LogP contribution in [0.15, 0.2) is 18.2 Å². The molecule has 1 heterocycles. The van der Waals surface area contributed by atoms with Gasteiger partial charge in [-0.15, -0.1) is 0 Å². The number of hydrogen-bond donors (Lipinski definition) is 1. The standard InChI is InChI=1S/C29H45N3O7/c1-20(2)31(29(35)21-7-10-25(37-4)26(15-21)39-14-6-13-36-3)18-22-16-30-17-23(22)19-32(24-8-9-24)27(33)11-12-28(34)38-5/h7,10,15,20,22-24,30H,6,8-9,11-14,16-19H2,1-5H3/t22-,23+/m1/s1. The molecule has 0 aromatic heterocycles. The zero-order chi connectivity index (χ0) is 28.4. The average molecular weight is 548 g/mol. The van der Waals surface area contributed by atoms with Crippen LogP contribution in [0.1, 0.15) is 56.3 Å². The predicted molar refractivity (Wildman–Crippen MR) is 147 cm³/mol. The number of rotatable bonds is 16. The minimum Gasteiger partial charge on any atom is -0.493 e. The normalized spacial score (nSPS) is 18.6. The van der Waals surface area contributed by atoms with E-state index in [-0.39, 0.29) is 54.5 Å². The first-order valence-electron chi connectivity index (χ1n) is 14.0. The van der Waals surface area contributed by atoms with Crippen LogP contribution in [0, 0.1) is 11.8 Å². The highest BCUT2D eigenvalue weighted by Crippen LogP contribution is 2.32. The lowest BCUT2D eigenvalue weighted by atomic mass is 9.93. The summed E-state index contributed by atoms with van der Waals surface area (Å²) in [5.41, 5.74) is 0.548. The fourth-order valence-electron chi connectivity index (χ4n) is 5.02. The molecule has 3 rings (SSSR count). The van der Waals surface area contributed by atoms with Gasteiger partial charge in [0.2, 0.25) is 5.91 Å². The van der Waals surface area contributed by atoms with Crippen LogP contribution < -0.4 is 14.8 Å². The van der Waals surface area contributed by atoms with Crippen molar-refractivity contribution in [1.29, 1.82) is 0 Å². The average Bonchev–Trinajstić information content (AvgIpc) is 3.69. The number of benzene rings is 1. The maximum atomic E-state index is 13.7. The first kappa shape index (κ1) is 30.7. The molecule has 0 unspecified atom stereocenters. The number of nitrogens with zero attached hydrogens (tertiary/aromatic N) is 2. The third-order valence-corrected chi connectivity index (χ3v) is 7.47.